The number of benzene rings is 1. The zero-order valence-corrected chi connectivity index (χ0v) is 14.5. The highest BCUT2D eigenvalue weighted by Gasteiger charge is 2.27. The van der Waals surface area contributed by atoms with Gasteiger partial charge in [-0.25, -0.2) is 4.68 Å². The number of carbonyl (C=O) groups is 1. The molecule has 0 saturated carbocycles. The maximum Gasteiger partial charge on any atom is 0.411 e. The second-order valence-corrected chi connectivity index (χ2v) is 6.01. The Kier molecular flexibility index (Phi) is 6.57. The lowest BCUT2D eigenvalue weighted by molar-refractivity contribution is -0.182. The number of halogens is 3. The highest BCUT2D eigenvalue weighted by Crippen LogP contribution is 2.16. The van der Waals surface area contributed by atoms with Crippen molar-refractivity contribution >= 4 is 17.7 Å². The summed E-state index contributed by atoms with van der Waals surface area (Å²) in [7, 11) is 0. The second kappa shape index (κ2) is 8.66. The Morgan fingerprint density at radius 3 is 2.62 bits per heavy atom. The van der Waals surface area contributed by atoms with Crippen molar-refractivity contribution in [2.45, 2.75) is 32.7 Å². The minimum atomic E-state index is -4.39. The first-order valence-corrected chi connectivity index (χ1v) is 7.99. The molecule has 0 aliphatic heterocycles. The van der Waals surface area contributed by atoms with Gasteiger partial charge in [-0.05, 0) is 23.1 Å². The fourth-order valence-electron chi connectivity index (χ4n) is 2.10. The van der Waals surface area contributed by atoms with Gasteiger partial charge < -0.3 is 10.1 Å². The number of carbonyl (C=O) groups excluding carboxylic acids is 1. The van der Waals surface area contributed by atoms with E-state index in [1.165, 1.54) is 24.0 Å². The summed E-state index contributed by atoms with van der Waals surface area (Å²) >= 11 is 0. The summed E-state index contributed by atoms with van der Waals surface area (Å²) < 4.78 is 41.7. The fourth-order valence-corrected chi connectivity index (χ4v) is 2.10. The highest BCUT2D eigenvalue weighted by atomic mass is 19.4. The maximum atomic E-state index is 12.0. The Labute approximate surface area is 149 Å². The van der Waals surface area contributed by atoms with E-state index in [2.05, 4.69) is 29.0 Å². The van der Waals surface area contributed by atoms with E-state index >= 15 is 0 Å². The molecule has 5 nitrogen and oxygen atoms in total. The summed E-state index contributed by atoms with van der Waals surface area (Å²) in [6.07, 6.45) is 1.39. The Hall–Kier alpha value is -2.61. The van der Waals surface area contributed by atoms with Crippen molar-refractivity contribution in [3.63, 3.8) is 0 Å². The molecule has 2 aromatic rings. The number of aromatic nitrogens is 2. The lowest BCUT2D eigenvalue weighted by Crippen LogP contribution is -2.18. The Morgan fingerprint density at radius 1 is 1.31 bits per heavy atom. The summed E-state index contributed by atoms with van der Waals surface area (Å²) in [6.45, 7) is 2.50. The third-order valence-corrected chi connectivity index (χ3v) is 3.42. The van der Waals surface area contributed by atoms with E-state index in [1.807, 2.05) is 24.3 Å². The molecular weight excluding hydrogens is 347 g/mol. The van der Waals surface area contributed by atoms with Gasteiger partial charge in [-0.1, -0.05) is 38.1 Å². The van der Waals surface area contributed by atoms with E-state index in [0.717, 1.165) is 10.2 Å². The molecule has 0 aliphatic carbocycles. The van der Waals surface area contributed by atoms with Crippen LogP contribution in [0.3, 0.4) is 0 Å². The predicted molar refractivity (Wildman–Crippen MR) is 92.4 cm³/mol. The van der Waals surface area contributed by atoms with Crippen LogP contribution in [0, 0.1) is 0 Å². The summed E-state index contributed by atoms with van der Waals surface area (Å²) in [6, 6.07) is 7.87. The molecule has 0 fully saturated rings. The van der Waals surface area contributed by atoms with Crippen LogP contribution in [-0.2, 0) is 16.3 Å². The van der Waals surface area contributed by atoms with Gasteiger partial charge in [0, 0.05) is 6.08 Å². The first-order valence-electron chi connectivity index (χ1n) is 7.99. The van der Waals surface area contributed by atoms with Crippen LogP contribution in [0.15, 0.2) is 42.7 Å². The van der Waals surface area contributed by atoms with E-state index in [-0.39, 0.29) is 12.6 Å². The lowest BCUT2D eigenvalue weighted by Gasteiger charge is -2.07. The molecule has 0 atom stereocenters. The first-order chi connectivity index (χ1) is 12.2. The van der Waals surface area contributed by atoms with Gasteiger partial charge >= 0.3 is 6.18 Å². The van der Waals surface area contributed by atoms with Crippen LogP contribution < -0.4 is 5.32 Å². The van der Waals surface area contributed by atoms with Gasteiger partial charge in [-0.15, -0.1) is 0 Å². The van der Waals surface area contributed by atoms with Gasteiger partial charge in [-0.3, -0.25) is 4.79 Å². The van der Waals surface area contributed by atoms with Gasteiger partial charge in [0.1, 0.15) is 13.3 Å². The van der Waals surface area contributed by atoms with E-state index in [9.17, 15) is 18.0 Å². The number of hydrogen-bond donors (Lipinski definition) is 1. The fraction of sp³-hybridized carbons (Fsp3) is 0.333. The van der Waals surface area contributed by atoms with Crippen LogP contribution in [0.25, 0.3) is 6.08 Å². The van der Waals surface area contributed by atoms with Crippen LogP contribution in [0.4, 0.5) is 18.9 Å². The Bertz CT molecular complexity index is 750. The minimum Gasteiger partial charge on any atom is -0.350 e. The Morgan fingerprint density at radius 2 is 2.00 bits per heavy atom. The van der Waals surface area contributed by atoms with Crippen molar-refractivity contribution in [2.24, 2.45) is 0 Å². The van der Waals surface area contributed by atoms with Crippen molar-refractivity contribution in [2.75, 3.05) is 11.9 Å². The molecule has 140 valence electrons. The average molecular weight is 367 g/mol. The van der Waals surface area contributed by atoms with Gasteiger partial charge in [0.2, 0.25) is 5.91 Å². The van der Waals surface area contributed by atoms with Crippen molar-refractivity contribution in [1.29, 1.82) is 0 Å². The Balaban J connectivity index is 1.84. The molecule has 1 aromatic heterocycles. The molecule has 1 aromatic carbocycles. The predicted octanol–water partition coefficient (Wildman–Crippen LogP) is 4.19. The minimum absolute atomic E-state index is 0.354. The average Bonchev–Trinajstić information content (AvgIpc) is 2.99. The molecule has 1 N–H and O–H groups in total. The van der Waals surface area contributed by atoms with Crippen molar-refractivity contribution in [3.8, 4) is 0 Å². The van der Waals surface area contributed by atoms with Gasteiger partial charge in [-0.2, -0.15) is 18.3 Å². The molecule has 0 bridgehead atoms. The largest absolute Gasteiger partial charge is 0.411 e. The smallest absolute Gasteiger partial charge is 0.350 e. The molecule has 1 amide bonds. The molecule has 0 unspecified atom stereocenters. The van der Waals surface area contributed by atoms with Crippen LogP contribution in [0.1, 0.15) is 30.9 Å². The van der Waals surface area contributed by atoms with Gasteiger partial charge in [0.15, 0.2) is 0 Å². The van der Waals surface area contributed by atoms with Gasteiger partial charge in [0.25, 0.3) is 0 Å². The lowest BCUT2D eigenvalue weighted by atomic mass is 10.0. The molecule has 1 heterocycles. The number of hydrogen-bond acceptors (Lipinski definition) is 3. The standard InChI is InChI=1S/C18H20F3N3O2/c1-13(2)15-6-3-14(4-7-15)5-8-17(25)23-16-9-22-24(10-16)12-26-11-18(19,20)21/h3-10,13H,11-12H2,1-2H3,(H,23,25)/b8-5+. The molecule has 2 rings (SSSR count). The van der Waals surface area contributed by atoms with Crippen molar-refractivity contribution in [3.05, 3.63) is 53.9 Å². The number of nitrogens with one attached hydrogen (secondary N) is 1. The molecule has 0 saturated heterocycles. The molecule has 0 radical (unpaired) electrons. The van der Waals surface area contributed by atoms with Crippen LogP contribution >= 0.6 is 0 Å². The number of nitrogens with zero attached hydrogens (tertiary/aromatic N) is 2. The summed E-state index contributed by atoms with van der Waals surface area (Å²) in [5.74, 6) is 0.0710. The third-order valence-electron chi connectivity index (χ3n) is 3.42. The molecule has 0 aliphatic rings. The SMILES string of the molecule is CC(C)c1ccc(/C=C/C(=O)Nc2cnn(COCC(F)(F)F)c2)cc1. The van der Waals surface area contributed by atoms with E-state index < -0.39 is 12.8 Å². The van der Waals surface area contributed by atoms with Gasteiger partial charge in [0.05, 0.1) is 18.1 Å². The van der Waals surface area contributed by atoms with E-state index in [0.29, 0.717) is 11.6 Å². The monoisotopic (exact) mass is 367 g/mol. The first kappa shape index (κ1) is 19.7. The quantitative estimate of drug-likeness (QED) is 0.747. The van der Waals surface area contributed by atoms with Crippen molar-refractivity contribution < 1.29 is 22.7 Å². The molecule has 0 spiro atoms. The normalized spacial score (nSPS) is 12.1. The number of ether oxygens (including phenoxy) is 1. The van der Waals surface area contributed by atoms with E-state index in [4.69, 9.17) is 0 Å². The third kappa shape index (κ3) is 6.72. The topological polar surface area (TPSA) is 56.2 Å². The highest BCUT2D eigenvalue weighted by molar-refractivity contribution is 6.01. The summed E-state index contributed by atoms with van der Waals surface area (Å²) in [5.41, 5.74) is 2.47. The number of rotatable bonds is 7. The van der Waals surface area contributed by atoms with Crippen molar-refractivity contribution in [1.82, 2.24) is 9.78 Å². The second-order valence-electron chi connectivity index (χ2n) is 6.01. The maximum absolute atomic E-state index is 12.0. The molecule has 26 heavy (non-hydrogen) atoms. The number of anilines is 1. The molecule has 8 heteroatoms. The zero-order valence-electron chi connectivity index (χ0n) is 14.5. The number of amides is 1. The van der Waals surface area contributed by atoms with Crippen LogP contribution in [0.5, 0.6) is 0 Å². The van der Waals surface area contributed by atoms with E-state index in [1.54, 1.807) is 6.08 Å². The number of alkyl halides is 3. The van der Waals surface area contributed by atoms with Crippen LogP contribution in [0.2, 0.25) is 0 Å². The summed E-state index contributed by atoms with van der Waals surface area (Å²) in [5, 5.41) is 6.40. The summed E-state index contributed by atoms with van der Waals surface area (Å²) in [4.78, 5) is 11.9. The molecular formula is C18H20F3N3O2. The zero-order chi connectivity index (χ0) is 19.2. The van der Waals surface area contributed by atoms with Crippen LogP contribution in [-0.4, -0.2) is 28.5 Å².